The van der Waals surface area contributed by atoms with Crippen molar-refractivity contribution in [2.24, 2.45) is 0 Å². The molecule has 0 spiro atoms. The van der Waals surface area contributed by atoms with E-state index >= 15 is 0 Å². The summed E-state index contributed by atoms with van der Waals surface area (Å²) in [6.07, 6.45) is -0.0120. The molecule has 8 nitrogen and oxygen atoms in total. The van der Waals surface area contributed by atoms with E-state index in [9.17, 15) is 18.0 Å². The molecule has 148 valence electrons. The molecule has 0 saturated carbocycles. The summed E-state index contributed by atoms with van der Waals surface area (Å²) in [6, 6.07) is 11.5. The van der Waals surface area contributed by atoms with Gasteiger partial charge in [0.2, 0.25) is 10.0 Å². The number of anilines is 2. The van der Waals surface area contributed by atoms with Crippen LogP contribution in [0.5, 0.6) is 5.75 Å². The van der Waals surface area contributed by atoms with E-state index in [1.165, 1.54) is 13.2 Å². The van der Waals surface area contributed by atoms with E-state index in [0.717, 1.165) is 16.1 Å². The standard InChI is InChI=1S/C19H20N2O6S/c1-12-8-9-16-15(10-12)21(28(3,24)25)11-17(27-16)18(22)20-14-7-5-4-6-13(14)19(23)26-2/h4-10,17H,11H2,1-3H3,(H,20,22)/t17-/m1/s1. The first-order valence-corrected chi connectivity index (χ1v) is 10.3. The molecule has 28 heavy (non-hydrogen) atoms. The number of ether oxygens (including phenoxy) is 2. The smallest absolute Gasteiger partial charge is 0.339 e. The molecular formula is C19H20N2O6S. The Morgan fingerprint density at radius 1 is 1.21 bits per heavy atom. The van der Waals surface area contributed by atoms with E-state index in [1.807, 2.05) is 6.92 Å². The Labute approximate surface area is 163 Å². The minimum atomic E-state index is -3.62. The Morgan fingerprint density at radius 3 is 2.61 bits per heavy atom. The molecule has 0 saturated heterocycles. The van der Waals surface area contributed by atoms with Crippen LogP contribution in [-0.4, -0.2) is 46.3 Å². The van der Waals surface area contributed by atoms with Crippen molar-refractivity contribution in [2.75, 3.05) is 29.5 Å². The molecule has 9 heteroatoms. The number of amides is 1. The Hall–Kier alpha value is -3.07. The number of carbonyl (C=O) groups is 2. The van der Waals surface area contributed by atoms with Crippen LogP contribution < -0.4 is 14.4 Å². The van der Waals surface area contributed by atoms with Crippen LogP contribution in [0.2, 0.25) is 0 Å². The number of hydrogen-bond donors (Lipinski definition) is 1. The minimum absolute atomic E-state index is 0.179. The first kappa shape index (κ1) is 19.7. The molecule has 0 fully saturated rings. The van der Waals surface area contributed by atoms with Crippen molar-refractivity contribution in [3.8, 4) is 5.75 Å². The maximum atomic E-state index is 12.8. The van der Waals surface area contributed by atoms with Crippen molar-refractivity contribution in [1.29, 1.82) is 0 Å². The van der Waals surface area contributed by atoms with Gasteiger partial charge in [0.15, 0.2) is 6.10 Å². The number of rotatable bonds is 4. The van der Waals surface area contributed by atoms with Crippen LogP contribution in [0.1, 0.15) is 15.9 Å². The number of para-hydroxylation sites is 1. The lowest BCUT2D eigenvalue weighted by Crippen LogP contribution is -2.48. The molecule has 0 bridgehead atoms. The van der Waals surface area contributed by atoms with Crippen LogP contribution in [0.15, 0.2) is 42.5 Å². The molecule has 1 N–H and O–H groups in total. The molecule has 2 aromatic carbocycles. The van der Waals surface area contributed by atoms with Gasteiger partial charge in [0.1, 0.15) is 5.75 Å². The zero-order valence-corrected chi connectivity index (χ0v) is 16.4. The third kappa shape index (κ3) is 3.94. The van der Waals surface area contributed by atoms with E-state index < -0.39 is 28.0 Å². The van der Waals surface area contributed by atoms with Crippen LogP contribution in [0.4, 0.5) is 11.4 Å². The fraction of sp³-hybridized carbons (Fsp3) is 0.263. The van der Waals surface area contributed by atoms with Gasteiger partial charge in [-0.05, 0) is 36.8 Å². The summed E-state index contributed by atoms with van der Waals surface area (Å²) in [5, 5.41) is 2.62. The van der Waals surface area contributed by atoms with Crippen LogP contribution in [-0.2, 0) is 19.6 Å². The number of sulfonamides is 1. The summed E-state index contributed by atoms with van der Waals surface area (Å²) in [5.41, 5.74) is 1.70. The summed E-state index contributed by atoms with van der Waals surface area (Å²) in [4.78, 5) is 24.6. The fourth-order valence-corrected chi connectivity index (χ4v) is 3.81. The second-order valence-electron chi connectivity index (χ2n) is 6.40. The molecule has 1 atom stereocenters. The predicted octanol–water partition coefficient (Wildman–Crippen LogP) is 1.95. The lowest BCUT2D eigenvalue weighted by atomic mass is 10.1. The molecule has 0 aromatic heterocycles. The van der Waals surface area contributed by atoms with Gasteiger partial charge in [0, 0.05) is 0 Å². The van der Waals surface area contributed by atoms with Crippen molar-refractivity contribution >= 4 is 33.3 Å². The quantitative estimate of drug-likeness (QED) is 0.782. The maximum absolute atomic E-state index is 12.8. The van der Waals surface area contributed by atoms with E-state index in [4.69, 9.17) is 9.47 Å². The highest BCUT2D eigenvalue weighted by Crippen LogP contribution is 2.36. The normalized spacial score (nSPS) is 16.0. The molecule has 1 aliphatic heterocycles. The van der Waals surface area contributed by atoms with Crippen LogP contribution in [0, 0.1) is 6.92 Å². The van der Waals surface area contributed by atoms with Gasteiger partial charge in [-0.2, -0.15) is 0 Å². The Kier molecular flexibility index (Phi) is 5.28. The summed E-state index contributed by atoms with van der Waals surface area (Å²) in [7, 11) is -2.38. The third-order valence-corrected chi connectivity index (χ3v) is 5.41. The Bertz CT molecular complexity index is 1030. The number of carbonyl (C=O) groups excluding carboxylic acids is 2. The van der Waals surface area contributed by atoms with Gasteiger partial charge in [-0.3, -0.25) is 9.10 Å². The average molecular weight is 404 g/mol. The van der Waals surface area contributed by atoms with Gasteiger partial charge in [-0.15, -0.1) is 0 Å². The first-order valence-electron chi connectivity index (χ1n) is 8.44. The summed E-state index contributed by atoms with van der Waals surface area (Å²) >= 11 is 0. The summed E-state index contributed by atoms with van der Waals surface area (Å²) < 4.78 is 36.1. The third-order valence-electron chi connectivity index (χ3n) is 4.27. The monoisotopic (exact) mass is 404 g/mol. The van der Waals surface area contributed by atoms with Gasteiger partial charge < -0.3 is 14.8 Å². The molecule has 0 radical (unpaired) electrons. The highest BCUT2D eigenvalue weighted by atomic mass is 32.2. The maximum Gasteiger partial charge on any atom is 0.339 e. The Morgan fingerprint density at radius 2 is 1.93 bits per heavy atom. The molecule has 2 aromatic rings. The SMILES string of the molecule is COC(=O)c1ccccc1NC(=O)[C@H]1CN(S(C)(=O)=O)c2cc(C)ccc2O1. The largest absolute Gasteiger partial charge is 0.476 e. The number of benzene rings is 2. The Balaban J connectivity index is 1.90. The lowest BCUT2D eigenvalue weighted by molar-refractivity contribution is -0.122. The van der Waals surface area contributed by atoms with E-state index in [0.29, 0.717) is 11.4 Å². The number of esters is 1. The number of fused-ring (bicyclic) bond motifs is 1. The van der Waals surface area contributed by atoms with Gasteiger partial charge in [0.25, 0.3) is 5.91 Å². The second kappa shape index (κ2) is 7.51. The van der Waals surface area contributed by atoms with Gasteiger partial charge in [0.05, 0.1) is 36.8 Å². The second-order valence-corrected chi connectivity index (χ2v) is 8.30. The van der Waals surface area contributed by atoms with Gasteiger partial charge in [-0.1, -0.05) is 18.2 Å². The van der Waals surface area contributed by atoms with Crippen molar-refractivity contribution < 1.29 is 27.5 Å². The highest BCUT2D eigenvalue weighted by molar-refractivity contribution is 7.92. The van der Waals surface area contributed by atoms with E-state index in [1.54, 1.807) is 36.4 Å². The van der Waals surface area contributed by atoms with Crippen molar-refractivity contribution in [3.05, 3.63) is 53.6 Å². The van der Waals surface area contributed by atoms with Crippen molar-refractivity contribution in [1.82, 2.24) is 0 Å². The summed E-state index contributed by atoms with van der Waals surface area (Å²) in [5.74, 6) is -0.876. The zero-order valence-electron chi connectivity index (χ0n) is 15.6. The molecule has 0 unspecified atom stereocenters. The zero-order chi connectivity index (χ0) is 20.5. The van der Waals surface area contributed by atoms with Crippen LogP contribution in [0.3, 0.4) is 0 Å². The number of methoxy groups -OCH3 is 1. The van der Waals surface area contributed by atoms with Gasteiger partial charge in [-0.25, -0.2) is 13.2 Å². The highest BCUT2D eigenvalue weighted by Gasteiger charge is 2.35. The molecular weight excluding hydrogens is 384 g/mol. The van der Waals surface area contributed by atoms with Crippen molar-refractivity contribution in [2.45, 2.75) is 13.0 Å². The number of hydrogen-bond acceptors (Lipinski definition) is 6. The topological polar surface area (TPSA) is 102 Å². The molecule has 1 heterocycles. The lowest BCUT2D eigenvalue weighted by Gasteiger charge is -2.34. The molecule has 3 rings (SSSR count). The molecule has 0 aliphatic carbocycles. The van der Waals surface area contributed by atoms with Crippen LogP contribution in [0.25, 0.3) is 0 Å². The van der Waals surface area contributed by atoms with E-state index in [2.05, 4.69) is 5.32 Å². The van der Waals surface area contributed by atoms with Crippen LogP contribution >= 0.6 is 0 Å². The van der Waals surface area contributed by atoms with E-state index in [-0.39, 0.29) is 17.8 Å². The summed E-state index contributed by atoms with van der Waals surface area (Å²) in [6.45, 7) is 1.66. The molecule has 1 aliphatic rings. The minimum Gasteiger partial charge on any atom is -0.476 e. The predicted molar refractivity (Wildman–Crippen MR) is 104 cm³/mol. The van der Waals surface area contributed by atoms with Crippen molar-refractivity contribution in [3.63, 3.8) is 0 Å². The molecule has 1 amide bonds. The number of nitrogens with one attached hydrogen (secondary N) is 1. The average Bonchev–Trinajstić information content (AvgIpc) is 2.66. The number of aryl methyl sites for hydroxylation is 1. The number of nitrogens with zero attached hydrogens (tertiary/aromatic N) is 1. The van der Waals surface area contributed by atoms with Gasteiger partial charge >= 0.3 is 5.97 Å². The fourth-order valence-electron chi connectivity index (χ4n) is 2.91. The first-order chi connectivity index (χ1) is 13.2.